The molecule has 0 aliphatic carbocycles. The number of hydrogen-bond acceptors (Lipinski definition) is 3. The highest BCUT2D eigenvalue weighted by Gasteiger charge is 2.15. The van der Waals surface area contributed by atoms with Gasteiger partial charge in [-0.2, -0.15) is 4.57 Å². The maximum absolute atomic E-state index is 12.6. The summed E-state index contributed by atoms with van der Waals surface area (Å²) < 4.78 is 8.24. The van der Waals surface area contributed by atoms with Crippen molar-refractivity contribution in [2.24, 2.45) is 0 Å². The lowest BCUT2D eigenvalue weighted by Gasteiger charge is -2.22. The van der Waals surface area contributed by atoms with Gasteiger partial charge in [-0.05, 0) is 43.2 Å². The third kappa shape index (κ3) is 13.3. The van der Waals surface area contributed by atoms with Gasteiger partial charge in [-0.25, -0.2) is 0 Å². The maximum Gasteiger partial charge on any atom is 0.225 e. The smallest absolute Gasteiger partial charge is 0.225 e. The van der Waals surface area contributed by atoms with Crippen molar-refractivity contribution in [1.29, 1.82) is 0 Å². The summed E-state index contributed by atoms with van der Waals surface area (Å²) in [6.45, 7) is 7.96. The first kappa shape index (κ1) is 35.3. The second-order valence-electron chi connectivity index (χ2n) is 10.9. The molecule has 0 bridgehead atoms. The molecule has 1 aromatic heterocycles. The van der Waals surface area contributed by atoms with Gasteiger partial charge in [-0.3, -0.25) is 4.79 Å². The Labute approximate surface area is 267 Å². The van der Waals surface area contributed by atoms with Crippen LogP contribution in [0.5, 0.6) is 5.75 Å². The van der Waals surface area contributed by atoms with Crippen LogP contribution in [-0.2, 0) is 17.9 Å². The fourth-order valence-electron chi connectivity index (χ4n) is 4.97. The van der Waals surface area contributed by atoms with E-state index in [0.717, 1.165) is 24.2 Å². The molecular weight excluding hydrogens is 616 g/mol. The second-order valence-corrected chi connectivity index (χ2v) is 12.4. The van der Waals surface area contributed by atoms with E-state index in [9.17, 15) is 4.79 Å². The summed E-state index contributed by atoms with van der Waals surface area (Å²) >= 11 is 8.18. The normalized spacial score (nSPS) is 10.8. The Morgan fingerprint density at radius 3 is 2.02 bits per heavy atom. The molecule has 226 valence electrons. The average molecular weight is 664 g/mol. The molecule has 1 amide bonds. The fraction of sp³-hybridized carbons (Fsp3) is 0.529. The van der Waals surface area contributed by atoms with Gasteiger partial charge in [0.15, 0.2) is 12.7 Å². The van der Waals surface area contributed by atoms with Gasteiger partial charge in [0.1, 0.15) is 5.75 Å². The third-order valence-electron chi connectivity index (χ3n) is 7.31. The molecule has 4 nitrogen and oxygen atoms in total. The molecule has 0 aliphatic rings. The van der Waals surface area contributed by atoms with Crippen LogP contribution >= 0.6 is 22.9 Å². The number of amides is 1. The Morgan fingerprint density at radius 2 is 1.46 bits per heavy atom. The van der Waals surface area contributed by atoms with Crippen LogP contribution in [0, 0.1) is 6.92 Å². The molecule has 0 saturated heterocycles. The van der Waals surface area contributed by atoms with Crippen molar-refractivity contribution in [2.45, 2.75) is 111 Å². The largest absolute Gasteiger partial charge is 1.00 e. The van der Waals surface area contributed by atoms with E-state index in [1.165, 1.54) is 81.1 Å². The molecule has 3 aromatic rings. The first-order valence-corrected chi connectivity index (χ1v) is 16.4. The van der Waals surface area contributed by atoms with Gasteiger partial charge in [0.2, 0.25) is 11.4 Å². The highest BCUT2D eigenvalue weighted by molar-refractivity contribution is 7.09. The lowest BCUT2D eigenvalue weighted by Crippen LogP contribution is -3.00. The van der Waals surface area contributed by atoms with Crippen LogP contribution in [0.3, 0.4) is 0 Å². The summed E-state index contributed by atoms with van der Waals surface area (Å²) in [7, 11) is 0. The standard InChI is InChI=1S/C34H48ClN2O2S.BrH/c1-4-5-6-7-8-9-10-11-12-13-14-15-22-39-34-23-31(18-21-33(34)35)26-37(29(3)38)32-19-16-30(17-20-32)25-36-24-28(2)40-27-36;/h16-21,23-24,27H,4-15,22,25-26H2,1-3H3;1H/q+1;/p-1. The van der Waals surface area contributed by atoms with Crippen molar-refractivity contribution in [3.8, 4) is 5.75 Å². The van der Waals surface area contributed by atoms with Crippen molar-refractivity contribution in [1.82, 2.24) is 0 Å². The number of anilines is 1. The molecule has 1 heterocycles. The molecule has 0 aliphatic heterocycles. The van der Waals surface area contributed by atoms with E-state index in [0.29, 0.717) is 23.9 Å². The number of carbonyl (C=O) groups is 1. The van der Waals surface area contributed by atoms with E-state index >= 15 is 0 Å². The second kappa shape index (κ2) is 20.1. The van der Waals surface area contributed by atoms with Crippen LogP contribution in [0.15, 0.2) is 54.2 Å². The van der Waals surface area contributed by atoms with Gasteiger partial charge in [0, 0.05) is 18.2 Å². The van der Waals surface area contributed by atoms with Gasteiger partial charge in [-0.1, -0.05) is 119 Å². The Balaban J connectivity index is 0.00000588. The van der Waals surface area contributed by atoms with Gasteiger partial charge in [0.25, 0.3) is 0 Å². The highest BCUT2D eigenvalue weighted by atomic mass is 79.9. The van der Waals surface area contributed by atoms with E-state index in [-0.39, 0.29) is 22.9 Å². The number of thiazole rings is 1. The Kier molecular flexibility index (Phi) is 17.3. The number of halogens is 2. The summed E-state index contributed by atoms with van der Waals surface area (Å²) in [4.78, 5) is 15.6. The zero-order valence-electron chi connectivity index (χ0n) is 25.2. The molecule has 7 heteroatoms. The maximum atomic E-state index is 12.6. The number of ether oxygens (including phenoxy) is 1. The van der Waals surface area contributed by atoms with Crippen molar-refractivity contribution in [3.63, 3.8) is 0 Å². The summed E-state index contributed by atoms with van der Waals surface area (Å²) in [5, 5.41) is 0.614. The number of aromatic nitrogens is 1. The van der Waals surface area contributed by atoms with E-state index in [2.05, 4.69) is 42.3 Å². The molecule has 0 saturated carbocycles. The molecule has 0 radical (unpaired) electrons. The zero-order chi connectivity index (χ0) is 28.6. The van der Waals surface area contributed by atoms with Gasteiger partial charge < -0.3 is 26.6 Å². The summed E-state index contributed by atoms with van der Waals surface area (Å²) in [5.41, 5.74) is 5.22. The summed E-state index contributed by atoms with van der Waals surface area (Å²) in [6, 6.07) is 14.1. The molecule has 2 aromatic carbocycles. The number of nitrogens with zero attached hydrogens (tertiary/aromatic N) is 2. The van der Waals surface area contributed by atoms with Crippen molar-refractivity contribution >= 4 is 34.5 Å². The first-order chi connectivity index (χ1) is 19.5. The molecule has 0 atom stereocenters. The van der Waals surface area contributed by atoms with E-state index in [1.54, 1.807) is 23.2 Å². The number of carbonyl (C=O) groups excluding carboxylic acids is 1. The fourth-order valence-corrected chi connectivity index (χ4v) is 5.77. The van der Waals surface area contributed by atoms with E-state index < -0.39 is 0 Å². The van der Waals surface area contributed by atoms with Crippen molar-refractivity contribution in [3.05, 3.63) is 75.2 Å². The first-order valence-electron chi connectivity index (χ1n) is 15.2. The highest BCUT2D eigenvalue weighted by Crippen LogP contribution is 2.28. The number of aryl methyl sites for hydroxylation is 1. The number of unbranched alkanes of at least 4 members (excludes halogenated alkanes) is 11. The van der Waals surface area contributed by atoms with E-state index in [1.807, 2.05) is 30.3 Å². The topological polar surface area (TPSA) is 33.4 Å². The lowest BCUT2D eigenvalue weighted by molar-refractivity contribution is -0.683. The average Bonchev–Trinajstić information content (AvgIpc) is 3.36. The predicted octanol–water partition coefficient (Wildman–Crippen LogP) is 6.68. The minimum absolute atomic E-state index is 0. The van der Waals surface area contributed by atoms with Crippen LogP contribution in [0.4, 0.5) is 5.69 Å². The molecule has 0 spiro atoms. The molecule has 0 fully saturated rings. The number of rotatable bonds is 19. The molecule has 0 N–H and O–H groups in total. The van der Waals surface area contributed by atoms with Gasteiger partial charge >= 0.3 is 0 Å². The Bertz CT molecular complexity index is 1150. The van der Waals surface area contributed by atoms with Gasteiger partial charge in [-0.15, -0.1) is 0 Å². The molecule has 41 heavy (non-hydrogen) atoms. The van der Waals surface area contributed by atoms with Gasteiger partial charge in [0.05, 0.1) is 23.1 Å². The molecular formula is C34H48BrClN2O2S. The van der Waals surface area contributed by atoms with Crippen LogP contribution in [0.1, 0.15) is 107 Å². The summed E-state index contributed by atoms with van der Waals surface area (Å²) in [5.74, 6) is 0.702. The number of hydrogen-bond donors (Lipinski definition) is 0. The SMILES string of the molecule is CCCCCCCCCCCCCCOc1cc(CN(C(C)=O)c2ccc(C[n+]3csc(C)c3)cc2)ccc1Cl.[Br-]. The molecule has 3 rings (SSSR count). The van der Waals surface area contributed by atoms with Crippen LogP contribution in [0.25, 0.3) is 0 Å². The van der Waals surface area contributed by atoms with Crippen LogP contribution in [-0.4, -0.2) is 12.5 Å². The van der Waals surface area contributed by atoms with Crippen LogP contribution < -0.4 is 31.2 Å². The predicted molar refractivity (Wildman–Crippen MR) is 170 cm³/mol. The molecule has 0 unspecified atom stereocenters. The Morgan fingerprint density at radius 1 is 0.878 bits per heavy atom. The van der Waals surface area contributed by atoms with E-state index in [4.69, 9.17) is 16.3 Å². The van der Waals surface area contributed by atoms with Crippen molar-refractivity contribution in [2.75, 3.05) is 11.5 Å². The lowest BCUT2D eigenvalue weighted by atomic mass is 10.1. The van der Waals surface area contributed by atoms with Crippen molar-refractivity contribution < 1.29 is 31.1 Å². The quantitative estimate of drug-likeness (QED) is 0.106. The zero-order valence-corrected chi connectivity index (χ0v) is 28.3. The summed E-state index contributed by atoms with van der Waals surface area (Å²) in [6.07, 6.45) is 18.0. The minimum Gasteiger partial charge on any atom is -1.00 e. The van der Waals surface area contributed by atoms with Crippen LogP contribution in [0.2, 0.25) is 5.02 Å². The number of benzene rings is 2. The minimum atomic E-state index is 0. The monoisotopic (exact) mass is 662 g/mol. The third-order valence-corrected chi connectivity index (χ3v) is 8.47. The Hall–Kier alpha value is -1.89.